The number of unbranched alkanes of at least 4 members (excludes halogenated alkanes) is 56. The van der Waals surface area contributed by atoms with E-state index < -0.39 is 97.5 Å². The summed E-state index contributed by atoms with van der Waals surface area (Å²) < 4.78 is 69.1. The average Bonchev–Trinajstić information content (AvgIpc) is 0.901. The van der Waals surface area contributed by atoms with Crippen LogP contribution >= 0.6 is 15.6 Å². The monoisotopic (exact) mass is 1660 g/mol. The second kappa shape index (κ2) is 83.3. The van der Waals surface area contributed by atoms with Crippen molar-refractivity contribution in [3.8, 4) is 0 Å². The van der Waals surface area contributed by atoms with Gasteiger partial charge in [-0.15, -0.1) is 0 Å². The van der Waals surface area contributed by atoms with Gasteiger partial charge in [0, 0.05) is 25.7 Å². The third-order valence-electron chi connectivity index (χ3n) is 23.0. The number of carbonyl (C=O) groups excluding carboxylic acids is 4. The van der Waals surface area contributed by atoms with Gasteiger partial charge in [-0.1, -0.05) is 453 Å². The molecule has 0 aromatic rings. The number of phosphoric ester groups is 2. The van der Waals surface area contributed by atoms with E-state index in [0.29, 0.717) is 31.6 Å². The first kappa shape index (κ1) is 112. The molecule has 0 spiro atoms. The molecular formula is C95H186O17P2. The minimum absolute atomic E-state index is 0.107. The van der Waals surface area contributed by atoms with Crippen LogP contribution in [0.4, 0.5) is 0 Å². The van der Waals surface area contributed by atoms with E-state index in [0.717, 1.165) is 114 Å². The molecule has 19 heteroatoms. The van der Waals surface area contributed by atoms with Gasteiger partial charge in [-0.2, -0.15) is 0 Å². The zero-order chi connectivity index (χ0) is 83.7. The average molecular weight is 1660 g/mol. The Hall–Kier alpha value is -1.94. The Balaban J connectivity index is 5.19. The van der Waals surface area contributed by atoms with Gasteiger partial charge in [0.15, 0.2) is 12.2 Å². The van der Waals surface area contributed by atoms with Crippen molar-refractivity contribution in [2.75, 3.05) is 39.6 Å². The largest absolute Gasteiger partial charge is 0.472 e. The predicted molar refractivity (Wildman–Crippen MR) is 474 cm³/mol. The third-order valence-corrected chi connectivity index (χ3v) is 24.9. The van der Waals surface area contributed by atoms with Gasteiger partial charge in [-0.05, 0) is 49.4 Å². The molecule has 3 N–H and O–H groups in total. The van der Waals surface area contributed by atoms with Crippen LogP contribution in [-0.4, -0.2) is 96.7 Å². The molecule has 0 aliphatic rings. The second-order valence-corrected chi connectivity index (χ2v) is 38.5. The van der Waals surface area contributed by atoms with Gasteiger partial charge in [0.1, 0.15) is 19.3 Å². The molecule has 0 fully saturated rings. The summed E-state index contributed by atoms with van der Waals surface area (Å²) >= 11 is 0. The minimum atomic E-state index is -4.97. The highest BCUT2D eigenvalue weighted by Crippen LogP contribution is 2.45. The van der Waals surface area contributed by atoms with Crippen molar-refractivity contribution in [2.24, 2.45) is 23.7 Å². The van der Waals surface area contributed by atoms with Gasteiger partial charge in [0.25, 0.3) is 0 Å². The lowest BCUT2D eigenvalue weighted by atomic mass is 9.99. The van der Waals surface area contributed by atoms with Crippen molar-refractivity contribution in [3.05, 3.63) is 0 Å². The van der Waals surface area contributed by atoms with Crippen LogP contribution in [0.2, 0.25) is 0 Å². The second-order valence-electron chi connectivity index (χ2n) is 35.5. The molecule has 0 saturated heterocycles. The molecule has 0 aliphatic carbocycles. The first-order chi connectivity index (χ1) is 55.2. The molecule has 0 saturated carbocycles. The van der Waals surface area contributed by atoms with Crippen LogP contribution in [0.25, 0.3) is 0 Å². The highest BCUT2D eigenvalue weighted by atomic mass is 31.2. The number of aliphatic hydroxyl groups is 1. The van der Waals surface area contributed by atoms with Crippen molar-refractivity contribution in [2.45, 2.75) is 523 Å². The van der Waals surface area contributed by atoms with Crippen molar-refractivity contribution in [1.29, 1.82) is 0 Å². The minimum Gasteiger partial charge on any atom is -0.462 e. The third kappa shape index (κ3) is 85.1. The zero-order valence-electron chi connectivity index (χ0n) is 75.7. The van der Waals surface area contributed by atoms with Crippen LogP contribution in [0.3, 0.4) is 0 Å². The molecule has 678 valence electrons. The molecular weight excluding hydrogens is 1470 g/mol. The Labute approximate surface area is 702 Å². The normalized spacial score (nSPS) is 14.3. The van der Waals surface area contributed by atoms with E-state index >= 15 is 0 Å². The molecule has 0 bridgehead atoms. The van der Waals surface area contributed by atoms with Gasteiger partial charge in [-0.25, -0.2) is 9.13 Å². The van der Waals surface area contributed by atoms with Gasteiger partial charge in [0.05, 0.1) is 26.4 Å². The SMILES string of the molecule is CCC(C)CCCCCCCCCCCCCCCCCCCCC(=O)OC[C@H](COP(=O)(O)OCC(O)COP(=O)(O)OC[C@@H](COC(=O)CCCCCCCCC(C)C)OC(=O)CCCCCCCCCCCCCCCCCCCCC(C)C)OC(=O)CCCCCCCCCCCCCCCCCCCCC(C)CC. The van der Waals surface area contributed by atoms with E-state index in [2.05, 4.69) is 55.4 Å². The molecule has 0 heterocycles. The zero-order valence-corrected chi connectivity index (χ0v) is 77.5. The van der Waals surface area contributed by atoms with Gasteiger partial charge < -0.3 is 33.8 Å². The summed E-state index contributed by atoms with van der Waals surface area (Å²) in [4.78, 5) is 73.5. The molecule has 114 heavy (non-hydrogen) atoms. The molecule has 0 aromatic carbocycles. The fourth-order valence-electron chi connectivity index (χ4n) is 14.8. The van der Waals surface area contributed by atoms with E-state index in [4.69, 9.17) is 37.0 Å². The highest BCUT2D eigenvalue weighted by Gasteiger charge is 2.31. The fraction of sp³-hybridized carbons (Fsp3) is 0.958. The maximum atomic E-state index is 13.2. The van der Waals surface area contributed by atoms with Gasteiger partial charge in [0.2, 0.25) is 0 Å². The quantitative estimate of drug-likeness (QED) is 0.0222. The van der Waals surface area contributed by atoms with E-state index in [9.17, 15) is 43.2 Å². The van der Waals surface area contributed by atoms with Crippen molar-refractivity contribution in [1.82, 2.24) is 0 Å². The van der Waals surface area contributed by atoms with Crippen molar-refractivity contribution >= 4 is 39.5 Å². The molecule has 0 amide bonds. The maximum Gasteiger partial charge on any atom is 0.472 e. The molecule has 0 radical (unpaired) electrons. The number of hydrogen-bond donors (Lipinski definition) is 3. The predicted octanol–water partition coefficient (Wildman–Crippen LogP) is 29.5. The maximum absolute atomic E-state index is 13.2. The number of carbonyl (C=O) groups is 4. The fourth-order valence-corrected chi connectivity index (χ4v) is 16.4. The number of esters is 4. The molecule has 0 rings (SSSR count). The van der Waals surface area contributed by atoms with E-state index in [-0.39, 0.29) is 25.7 Å². The van der Waals surface area contributed by atoms with Crippen LogP contribution in [0.5, 0.6) is 0 Å². The molecule has 17 nitrogen and oxygen atoms in total. The number of hydrogen-bond acceptors (Lipinski definition) is 15. The van der Waals surface area contributed by atoms with E-state index in [1.807, 2.05) is 0 Å². The van der Waals surface area contributed by atoms with Crippen LogP contribution in [0, 0.1) is 23.7 Å². The Morgan fingerprint density at radius 1 is 0.246 bits per heavy atom. The summed E-state index contributed by atoms with van der Waals surface area (Å²) in [5.41, 5.74) is 0. The summed E-state index contributed by atoms with van der Waals surface area (Å²) in [6, 6.07) is 0. The van der Waals surface area contributed by atoms with Gasteiger partial charge in [-0.3, -0.25) is 37.3 Å². The smallest absolute Gasteiger partial charge is 0.462 e. The lowest BCUT2D eigenvalue weighted by molar-refractivity contribution is -0.161. The van der Waals surface area contributed by atoms with Crippen molar-refractivity contribution < 1.29 is 80.2 Å². The number of rotatable bonds is 92. The lowest BCUT2D eigenvalue weighted by Crippen LogP contribution is -2.30. The van der Waals surface area contributed by atoms with Crippen LogP contribution in [0.15, 0.2) is 0 Å². The topological polar surface area (TPSA) is 237 Å². The Bertz CT molecular complexity index is 2200. The number of ether oxygens (including phenoxy) is 4. The first-order valence-corrected chi connectivity index (χ1v) is 51.8. The summed E-state index contributed by atoms with van der Waals surface area (Å²) in [7, 11) is -9.94. The number of phosphoric acid groups is 2. The first-order valence-electron chi connectivity index (χ1n) is 48.8. The van der Waals surface area contributed by atoms with Crippen molar-refractivity contribution in [3.63, 3.8) is 0 Å². The standard InChI is InChI=1S/C95H186O17P2/c1-9-87(7)73-65-57-48-42-36-30-24-18-12-15-20-26-32-38-44-50-59-67-75-92(97)105-81-90(111-94(99)77-69-61-52-46-40-34-28-22-16-13-19-25-31-37-43-49-58-66-74-88(8)10-2)83-109-113(101,102)107-79-89(96)80-108-114(103,104)110-84-91(82-106-93(98)76-68-60-54-53-56-64-72-86(5)6)112-95(100)78-70-62-51-45-39-33-27-21-14-11-17-23-29-35-41-47-55-63-71-85(3)4/h85-91,96H,9-84H2,1-8H3,(H,101,102)(H,103,104)/t87?,88?,89?,90-,91-/m1/s1. The molecule has 0 aromatic heterocycles. The Morgan fingerprint density at radius 3 is 0.623 bits per heavy atom. The molecule has 0 aliphatic heterocycles. The van der Waals surface area contributed by atoms with Crippen LogP contribution in [-0.2, 0) is 65.4 Å². The van der Waals surface area contributed by atoms with Crippen LogP contribution < -0.4 is 0 Å². The van der Waals surface area contributed by atoms with Crippen LogP contribution in [0.1, 0.15) is 505 Å². The molecule has 7 atom stereocenters. The van der Waals surface area contributed by atoms with Gasteiger partial charge >= 0.3 is 39.5 Å². The summed E-state index contributed by atoms with van der Waals surface area (Å²) in [5.74, 6) is 1.14. The summed E-state index contributed by atoms with van der Waals surface area (Å²) in [5, 5.41) is 10.7. The lowest BCUT2D eigenvalue weighted by Gasteiger charge is -2.21. The number of aliphatic hydroxyl groups excluding tert-OH is 1. The Morgan fingerprint density at radius 2 is 0.421 bits per heavy atom. The van der Waals surface area contributed by atoms with E-state index in [1.54, 1.807) is 0 Å². The summed E-state index contributed by atoms with van der Waals surface area (Å²) in [6.07, 6.45) is 76.7. The molecule has 5 unspecified atom stereocenters. The summed E-state index contributed by atoms with van der Waals surface area (Å²) in [6.45, 7) is 14.4. The highest BCUT2D eigenvalue weighted by molar-refractivity contribution is 7.47. The van der Waals surface area contributed by atoms with E-state index in [1.165, 1.54) is 302 Å². The Kier molecular flexibility index (Phi) is 81.9.